The molecule has 0 aromatic carbocycles. The third-order valence-corrected chi connectivity index (χ3v) is 4.77. The van der Waals surface area contributed by atoms with Crippen molar-refractivity contribution in [1.29, 1.82) is 0 Å². The largest absolute Gasteiger partial charge is 0.353 e. The highest BCUT2D eigenvalue weighted by molar-refractivity contribution is 5.55. The molecule has 3 aromatic rings. The molecule has 1 aliphatic heterocycles. The van der Waals surface area contributed by atoms with Gasteiger partial charge in [0.2, 0.25) is 11.8 Å². The number of rotatable bonds is 2. The van der Waals surface area contributed by atoms with Crippen LogP contribution in [0.25, 0.3) is 5.78 Å². The number of aromatic nitrogens is 6. The van der Waals surface area contributed by atoms with Crippen molar-refractivity contribution in [3.05, 3.63) is 39.4 Å². The van der Waals surface area contributed by atoms with Gasteiger partial charge in [0, 0.05) is 37.4 Å². The molecule has 0 radical (unpaired) electrons. The van der Waals surface area contributed by atoms with Crippen LogP contribution >= 0.6 is 0 Å². The fraction of sp³-hybridized carbons (Fsp3) is 0.438. The predicted octanol–water partition coefficient (Wildman–Crippen LogP) is 0.599. The Labute approximate surface area is 148 Å². The lowest BCUT2D eigenvalue weighted by Crippen LogP contribution is -2.48. The van der Waals surface area contributed by atoms with Crippen LogP contribution < -0.4 is 15.4 Å². The number of hydrogen-bond donors (Lipinski definition) is 1. The maximum Gasteiger partial charge on any atom is 0.288 e. The molecule has 0 bridgehead atoms. The molecule has 1 N–H and O–H groups in total. The van der Waals surface area contributed by atoms with E-state index in [1.54, 1.807) is 4.52 Å². The molecule has 26 heavy (non-hydrogen) atoms. The summed E-state index contributed by atoms with van der Waals surface area (Å²) in [6.07, 6.45) is 1.50. The van der Waals surface area contributed by atoms with Crippen LogP contribution in [0.2, 0.25) is 0 Å². The van der Waals surface area contributed by atoms with E-state index in [2.05, 4.69) is 29.9 Å². The number of nitrogens with one attached hydrogen (secondary N) is 1. The van der Waals surface area contributed by atoms with Crippen molar-refractivity contribution in [3.8, 4) is 0 Å². The first-order chi connectivity index (χ1) is 12.5. The Balaban J connectivity index is 1.61. The Morgan fingerprint density at radius 1 is 1.04 bits per heavy atom. The Morgan fingerprint density at radius 2 is 1.73 bits per heavy atom. The van der Waals surface area contributed by atoms with E-state index in [0.29, 0.717) is 37.9 Å². The van der Waals surface area contributed by atoms with E-state index in [1.807, 2.05) is 18.7 Å². The SMILES string of the molecule is Cc1nc2ncnn2c(N2CCN(c3nc(C)c(F)c(=O)[nH]3)CC2)c1C. The number of hydrogen-bond acceptors (Lipinski definition) is 7. The second-order valence-corrected chi connectivity index (χ2v) is 6.38. The quantitative estimate of drug-likeness (QED) is 0.717. The Bertz CT molecular complexity index is 1030. The normalized spacial score (nSPS) is 15.1. The number of halogens is 1. The summed E-state index contributed by atoms with van der Waals surface area (Å²) < 4.78 is 15.3. The second kappa shape index (κ2) is 6.04. The number of anilines is 2. The molecule has 0 spiro atoms. The number of piperazine rings is 1. The maximum absolute atomic E-state index is 13.5. The number of aromatic amines is 1. The fourth-order valence-corrected chi connectivity index (χ4v) is 3.22. The van der Waals surface area contributed by atoms with Gasteiger partial charge < -0.3 is 9.80 Å². The summed E-state index contributed by atoms with van der Waals surface area (Å²) in [5.41, 5.74) is 1.35. The fourth-order valence-electron chi connectivity index (χ4n) is 3.22. The standard InChI is InChI=1S/C16H19FN8O/c1-9-10(2)20-15-18-8-19-25(15)14(9)23-4-6-24(7-5-23)16-21-11(3)12(17)13(26)22-16/h8H,4-7H2,1-3H3,(H,21,22,26). The van der Waals surface area contributed by atoms with Gasteiger partial charge in [0.25, 0.3) is 11.3 Å². The van der Waals surface area contributed by atoms with Crippen LogP contribution in [0.1, 0.15) is 17.0 Å². The number of nitrogens with zero attached hydrogens (tertiary/aromatic N) is 7. The summed E-state index contributed by atoms with van der Waals surface area (Å²) >= 11 is 0. The summed E-state index contributed by atoms with van der Waals surface area (Å²) in [5, 5.41) is 4.29. The van der Waals surface area contributed by atoms with E-state index >= 15 is 0 Å². The van der Waals surface area contributed by atoms with Gasteiger partial charge in [0.05, 0.1) is 5.69 Å². The molecule has 0 unspecified atom stereocenters. The topological polar surface area (TPSA) is 95.3 Å². The average molecular weight is 358 g/mol. The van der Waals surface area contributed by atoms with E-state index in [-0.39, 0.29) is 5.69 Å². The zero-order valence-corrected chi connectivity index (χ0v) is 14.8. The minimum Gasteiger partial charge on any atom is -0.353 e. The molecule has 1 saturated heterocycles. The van der Waals surface area contributed by atoms with Gasteiger partial charge in [-0.15, -0.1) is 0 Å². The summed E-state index contributed by atoms with van der Waals surface area (Å²) in [5.74, 6) is 1.12. The van der Waals surface area contributed by atoms with Crippen molar-refractivity contribution in [2.45, 2.75) is 20.8 Å². The Morgan fingerprint density at radius 3 is 2.42 bits per heavy atom. The van der Waals surface area contributed by atoms with Crippen LogP contribution in [0, 0.1) is 26.6 Å². The number of H-pyrrole nitrogens is 1. The van der Waals surface area contributed by atoms with Crippen molar-refractivity contribution in [1.82, 2.24) is 29.5 Å². The summed E-state index contributed by atoms with van der Waals surface area (Å²) in [6, 6.07) is 0. The molecule has 0 saturated carbocycles. The molecule has 1 fully saturated rings. The molecule has 9 nitrogen and oxygen atoms in total. The second-order valence-electron chi connectivity index (χ2n) is 6.38. The molecule has 4 heterocycles. The molecule has 1 aliphatic rings. The van der Waals surface area contributed by atoms with Gasteiger partial charge in [0.15, 0.2) is 0 Å². The summed E-state index contributed by atoms with van der Waals surface area (Å²) in [4.78, 5) is 31.1. The number of aryl methyl sites for hydroxylation is 2. The third kappa shape index (κ3) is 2.57. The smallest absolute Gasteiger partial charge is 0.288 e. The van der Waals surface area contributed by atoms with Gasteiger partial charge in [0.1, 0.15) is 12.1 Å². The monoisotopic (exact) mass is 358 g/mol. The minimum absolute atomic E-state index is 0.108. The molecule has 0 amide bonds. The van der Waals surface area contributed by atoms with Crippen LogP contribution in [-0.2, 0) is 0 Å². The predicted molar refractivity (Wildman–Crippen MR) is 94.2 cm³/mol. The lowest BCUT2D eigenvalue weighted by Gasteiger charge is -2.36. The van der Waals surface area contributed by atoms with Crippen LogP contribution in [-0.4, -0.2) is 55.7 Å². The zero-order chi connectivity index (χ0) is 18.4. The van der Waals surface area contributed by atoms with Crippen LogP contribution in [0.4, 0.5) is 16.2 Å². The summed E-state index contributed by atoms with van der Waals surface area (Å²) in [7, 11) is 0. The molecule has 4 rings (SSSR count). The average Bonchev–Trinajstić information content (AvgIpc) is 3.08. The van der Waals surface area contributed by atoms with Crippen molar-refractivity contribution in [3.63, 3.8) is 0 Å². The first kappa shape index (κ1) is 16.4. The van der Waals surface area contributed by atoms with E-state index in [0.717, 1.165) is 17.1 Å². The molecular weight excluding hydrogens is 339 g/mol. The molecule has 0 atom stereocenters. The lowest BCUT2D eigenvalue weighted by molar-refractivity contribution is 0.577. The first-order valence-electron chi connectivity index (χ1n) is 8.39. The molecule has 10 heteroatoms. The maximum atomic E-state index is 13.5. The van der Waals surface area contributed by atoms with Crippen LogP contribution in [0.5, 0.6) is 0 Å². The highest BCUT2D eigenvalue weighted by atomic mass is 19.1. The van der Waals surface area contributed by atoms with E-state index < -0.39 is 11.4 Å². The van der Waals surface area contributed by atoms with E-state index in [1.165, 1.54) is 13.3 Å². The molecular formula is C16H19FN8O. The van der Waals surface area contributed by atoms with Gasteiger partial charge in [-0.3, -0.25) is 9.78 Å². The van der Waals surface area contributed by atoms with Crippen LogP contribution in [0.15, 0.2) is 11.1 Å². The van der Waals surface area contributed by atoms with Gasteiger partial charge in [-0.25, -0.2) is 9.97 Å². The van der Waals surface area contributed by atoms with Crippen LogP contribution in [0.3, 0.4) is 0 Å². The van der Waals surface area contributed by atoms with Crippen molar-refractivity contribution in [2.75, 3.05) is 36.0 Å². The van der Waals surface area contributed by atoms with Gasteiger partial charge >= 0.3 is 0 Å². The highest BCUT2D eigenvalue weighted by Gasteiger charge is 2.24. The van der Waals surface area contributed by atoms with Crippen molar-refractivity contribution in [2.24, 2.45) is 0 Å². The Hall–Kier alpha value is -3.04. The first-order valence-corrected chi connectivity index (χ1v) is 8.39. The zero-order valence-electron chi connectivity index (χ0n) is 14.8. The number of fused-ring (bicyclic) bond motifs is 1. The van der Waals surface area contributed by atoms with Crippen molar-refractivity contribution >= 4 is 17.5 Å². The lowest BCUT2D eigenvalue weighted by atomic mass is 10.2. The molecule has 136 valence electrons. The highest BCUT2D eigenvalue weighted by Crippen LogP contribution is 2.24. The van der Waals surface area contributed by atoms with E-state index in [9.17, 15) is 9.18 Å². The van der Waals surface area contributed by atoms with E-state index in [4.69, 9.17) is 0 Å². The molecule has 3 aromatic heterocycles. The summed E-state index contributed by atoms with van der Waals surface area (Å²) in [6.45, 7) is 8.18. The molecule has 0 aliphatic carbocycles. The van der Waals surface area contributed by atoms with Crippen molar-refractivity contribution < 1.29 is 4.39 Å². The van der Waals surface area contributed by atoms with Gasteiger partial charge in [-0.2, -0.15) is 19.0 Å². The van der Waals surface area contributed by atoms with Gasteiger partial charge in [-0.1, -0.05) is 0 Å². The third-order valence-electron chi connectivity index (χ3n) is 4.77. The minimum atomic E-state index is -0.830. The van der Waals surface area contributed by atoms with Gasteiger partial charge in [-0.05, 0) is 20.8 Å². The Kier molecular flexibility index (Phi) is 3.82.